The third-order valence-electron chi connectivity index (χ3n) is 4.34. The van der Waals surface area contributed by atoms with Crippen molar-refractivity contribution in [2.45, 2.75) is 59.1 Å². The van der Waals surface area contributed by atoms with E-state index in [1.54, 1.807) is 11.3 Å². The van der Waals surface area contributed by atoms with Crippen molar-refractivity contribution in [3.8, 4) is 0 Å². The third-order valence-corrected chi connectivity index (χ3v) is 5.29. The van der Waals surface area contributed by atoms with Crippen LogP contribution in [0.5, 0.6) is 0 Å². The van der Waals surface area contributed by atoms with Gasteiger partial charge in [-0.3, -0.25) is 4.98 Å². The van der Waals surface area contributed by atoms with Crippen molar-refractivity contribution in [1.82, 2.24) is 15.2 Å². The minimum atomic E-state index is -0.427. The van der Waals surface area contributed by atoms with Gasteiger partial charge in [0, 0.05) is 36.8 Å². The summed E-state index contributed by atoms with van der Waals surface area (Å²) in [6.07, 6.45) is 3.73. The number of aromatic nitrogens is 1. The van der Waals surface area contributed by atoms with Crippen LogP contribution < -0.4 is 5.32 Å². The molecular weight excluding hydrogens is 310 g/mol. The first-order valence-electron chi connectivity index (χ1n) is 8.28. The Morgan fingerprint density at radius 3 is 2.65 bits per heavy atom. The van der Waals surface area contributed by atoms with Crippen molar-refractivity contribution in [1.29, 1.82) is 0 Å². The van der Waals surface area contributed by atoms with E-state index in [4.69, 9.17) is 4.74 Å². The summed E-state index contributed by atoms with van der Waals surface area (Å²) >= 11 is 1.68. The summed E-state index contributed by atoms with van der Waals surface area (Å²) in [5.41, 5.74) is 1.66. The second-order valence-electron chi connectivity index (χ2n) is 7.78. The highest BCUT2D eigenvalue weighted by atomic mass is 32.1. The first kappa shape index (κ1) is 18.2. The number of thiazole rings is 1. The number of piperidine rings is 1. The second kappa shape index (κ2) is 7.18. The standard InChI is InChI=1S/C17H29N3O2S/c1-13(14-10-18-12-23-14)19-11-17(5)6-8-20(9-7-17)15(21)22-16(2,3)4/h10,12-13,19H,6-9,11H2,1-5H3. The van der Waals surface area contributed by atoms with Gasteiger partial charge in [0.25, 0.3) is 0 Å². The van der Waals surface area contributed by atoms with Gasteiger partial charge in [-0.1, -0.05) is 6.92 Å². The fourth-order valence-corrected chi connectivity index (χ4v) is 3.32. The summed E-state index contributed by atoms with van der Waals surface area (Å²) in [7, 11) is 0. The summed E-state index contributed by atoms with van der Waals surface area (Å²) in [5.74, 6) is 0. The smallest absolute Gasteiger partial charge is 0.410 e. The van der Waals surface area contributed by atoms with E-state index in [0.29, 0.717) is 6.04 Å². The van der Waals surface area contributed by atoms with Crippen LogP contribution in [0.2, 0.25) is 0 Å². The maximum Gasteiger partial charge on any atom is 0.410 e. The zero-order valence-electron chi connectivity index (χ0n) is 14.9. The van der Waals surface area contributed by atoms with E-state index in [9.17, 15) is 4.79 Å². The van der Waals surface area contributed by atoms with Gasteiger partial charge in [-0.15, -0.1) is 11.3 Å². The van der Waals surface area contributed by atoms with Gasteiger partial charge in [-0.25, -0.2) is 4.79 Å². The van der Waals surface area contributed by atoms with Crippen LogP contribution in [0.4, 0.5) is 4.79 Å². The van der Waals surface area contributed by atoms with E-state index >= 15 is 0 Å². The first-order chi connectivity index (χ1) is 10.7. The average molecular weight is 340 g/mol. The lowest BCUT2D eigenvalue weighted by molar-refractivity contribution is 0.0117. The summed E-state index contributed by atoms with van der Waals surface area (Å²) in [6.45, 7) is 12.7. The lowest BCUT2D eigenvalue weighted by atomic mass is 9.80. The molecule has 1 aliphatic heterocycles. The molecule has 1 saturated heterocycles. The summed E-state index contributed by atoms with van der Waals surface area (Å²) in [6, 6.07) is 0.322. The zero-order chi connectivity index (χ0) is 17.1. The molecule has 2 rings (SSSR count). The van der Waals surface area contributed by atoms with Crippen molar-refractivity contribution in [3.63, 3.8) is 0 Å². The molecule has 1 fully saturated rings. The van der Waals surface area contributed by atoms with Gasteiger partial charge in [-0.05, 0) is 46.0 Å². The molecule has 0 spiro atoms. The number of nitrogens with one attached hydrogen (secondary N) is 1. The Bertz CT molecular complexity index is 502. The largest absolute Gasteiger partial charge is 0.444 e. The minimum absolute atomic E-state index is 0.189. The Morgan fingerprint density at radius 1 is 1.48 bits per heavy atom. The molecule has 1 amide bonds. The molecule has 23 heavy (non-hydrogen) atoms. The van der Waals surface area contributed by atoms with Crippen molar-refractivity contribution in [2.24, 2.45) is 5.41 Å². The SMILES string of the molecule is CC(NCC1(C)CCN(C(=O)OC(C)(C)C)CC1)c1cncs1. The van der Waals surface area contributed by atoms with Gasteiger partial charge in [0.05, 0.1) is 5.51 Å². The molecule has 1 aliphatic rings. The van der Waals surface area contributed by atoms with E-state index in [2.05, 4.69) is 24.1 Å². The summed E-state index contributed by atoms with van der Waals surface area (Å²) < 4.78 is 5.46. The molecule has 1 aromatic heterocycles. The van der Waals surface area contributed by atoms with Crippen molar-refractivity contribution >= 4 is 17.4 Å². The predicted molar refractivity (Wildman–Crippen MR) is 93.7 cm³/mol. The van der Waals surface area contributed by atoms with Crippen molar-refractivity contribution < 1.29 is 9.53 Å². The number of rotatable bonds is 4. The molecule has 1 unspecified atom stereocenters. The van der Waals surface area contributed by atoms with Crippen LogP contribution in [0, 0.1) is 5.41 Å². The molecule has 0 aliphatic carbocycles. The van der Waals surface area contributed by atoms with E-state index in [1.165, 1.54) is 4.88 Å². The van der Waals surface area contributed by atoms with Crippen LogP contribution in [-0.4, -0.2) is 41.2 Å². The Hall–Kier alpha value is -1.14. The molecular formula is C17H29N3O2S. The number of amides is 1. The maximum absolute atomic E-state index is 12.1. The van der Waals surface area contributed by atoms with Crippen LogP contribution in [0.25, 0.3) is 0 Å². The highest BCUT2D eigenvalue weighted by Crippen LogP contribution is 2.31. The number of ether oxygens (including phenoxy) is 1. The normalized spacial score (nSPS) is 19.4. The van der Waals surface area contributed by atoms with E-state index in [0.717, 1.165) is 32.5 Å². The van der Waals surface area contributed by atoms with Crippen LogP contribution in [0.3, 0.4) is 0 Å². The molecule has 1 atom stereocenters. The molecule has 6 heteroatoms. The fourth-order valence-electron chi connectivity index (χ4n) is 2.67. The van der Waals surface area contributed by atoms with Crippen molar-refractivity contribution in [3.05, 3.63) is 16.6 Å². The lowest BCUT2D eigenvalue weighted by Gasteiger charge is -2.40. The Kier molecular flexibility index (Phi) is 5.68. The van der Waals surface area contributed by atoms with Crippen LogP contribution in [0.15, 0.2) is 11.7 Å². The number of hydrogen-bond donors (Lipinski definition) is 1. The minimum Gasteiger partial charge on any atom is -0.444 e. The Balaban J connectivity index is 1.79. The molecule has 0 aromatic carbocycles. The molecule has 0 saturated carbocycles. The molecule has 5 nitrogen and oxygen atoms in total. The van der Waals surface area contributed by atoms with Gasteiger partial charge in [0.2, 0.25) is 0 Å². The number of hydrogen-bond acceptors (Lipinski definition) is 5. The zero-order valence-corrected chi connectivity index (χ0v) is 15.7. The molecule has 0 radical (unpaired) electrons. The molecule has 0 bridgehead atoms. The highest BCUT2D eigenvalue weighted by Gasteiger charge is 2.33. The molecule has 130 valence electrons. The number of nitrogens with zero attached hydrogens (tertiary/aromatic N) is 2. The average Bonchev–Trinajstić information content (AvgIpc) is 2.98. The maximum atomic E-state index is 12.1. The van der Waals surface area contributed by atoms with Crippen LogP contribution >= 0.6 is 11.3 Å². The Labute approximate surface area is 143 Å². The van der Waals surface area contributed by atoms with Gasteiger partial charge in [0.15, 0.2) is 0 Å². The topological polar surface area (TPSA) is 54.5 Å². The van der Waals surface area contributed by atoms with Crippen LogP contribution in [0.1, 0.15) is 58.4 Å². The Morgan fingerprint density at radius 2 is 2.13 bits per heavy atom. The van der Waals surface area contributed by atoms with E-state index in [1.807, 2.05) is 37.4 Å². The van der Waals surface area contributed by atoms with E-state index in [-0.39, 0.29) is 11.5 Å². The third kappa shape index (κ3) is 5.46. The van der Waals surface area contributed by atoms with Gasteiger partial charge >= 0.3 is 6.09 Å². The lowest BCUT2D eigenvalue weighted by Crippen LogP contribution is -2.47. The fraction of sp³-hybridized carbons (Fsp3) is 0.765. The predicted octanol–water partition coefficient (Wildman–Crippen LogP) is 3.83. The quantitative estimate of drug-likeness (QED) is 0.906. The van der Waals surface area contributed by atoms with Gasteiger partial charge < -0.3 is 15.0 Å². The first-order valence-corrected chi connectivity index (χ1v) is 9.16. The van der Waals surface area contributed by atoms with Gasteiger partial charge in [0.1, 0.15) is 5.60 Å². The molecule has 1 N–H and O–H groups in total. The second-order valence-corrected chi connectivity index (χ2v) is 8.70. The number of likely N-dealkylation sites (tertiary alicyclic amines) is 1. The number of carbonyl (C=O) groups is 1. The van der Waals surface area contributed by atoms with E-state index < -0.39 is 5.60 Å². The number of carbonyl (C=O) groups excluding carboxylic acids is 1. The highest BCUT2D eigenvalue weighted by molar-refractivity contribution is 7.09. The van der Waals surface area contributed by atoms with Crippen LogP contribution in [-0.2, 0) is 4.74 Å². The monoisotopic (exact) mass is 339 g/mol. The van der Waals surface area contributed by atoms with Crippen molar-refractivity contribution in [2.75, 3.05) is 19.6 Å². The summed E-state index contributed by atoms with van der Waals surface area (Å²) in [5, 5.41) is 3.61. The molecule has 1 aromatic rings. The van der Waals surface area contributed by atoms with Gasteiger partial charge in [-0.2, -0.15) is 0 Å². The molecule has 2 heterocycles. The summed E-state index contributed by atoms with van der Waals surface area (Å²) in [4.78, 5) is 19.4.